The molecule has 0 atom stereocenters. The third kappa shape index (κ3) is 5.65. The number of rotatable bonds is 6. The second kappa shape index (κ2) is 9.23. The molecule has 31 heavy (non-hydrogen) atoms. The van der Waals surface area contributed by atoms with Crippen LogP contribution in [0.1, 0.15) is 28.5 Å². The largest absolute Gasteiger partial charge is 0.326 e. The van der Waals surface area contributed by atoms with Crippen molar-refractivity contribution in [3.8, 4) is 0 Å². The van der Waals surface area contributed by atoms with Gasteiger partial charge in [-0.3, -0.25) is 9.59 Å². The van der Waals surface area contributed by atoms with Gasteiger partial charge in [0.25, 0.3) is 5.91 Å². The highest BCUT2D eigenvalue weighted by atomic mass is 35.5. The summed E-state index contributed by atoms with van der Waals surface area (Å²) in [6, 6.07) is 13.5. The van der Waals surface area contributed by atoms with E-state index in [4.69, 9.17) is 11.6 Å². The van der Waals surface area contributed by atoms with Gasteiger partial charge in [0, 0.05) is 18.3 Å². The van der Waals surface area contributed by atoms with Crippen LogP contribution in [0.25, 0.3) is 0 Å². The number of aryl methyl sites for hydroxylation is 1. The van der Waals surface area contributed by atoms with E-state index in [2.05, 4.69) is 20.6 Å². The average Bonchev–Trinajstić information content (AvgIpc) is 2.71. The number of nitrogens with zero attached hydrogens (tertiary/aromatic N) is 2. The summed E-state index contributed by atoms with van der Waals surface area (Å²) >= 11 is 6.05. The summed E-state index contributed by atoms with van der Waals surface area (Å²) in [6.45, 7) is 3.20. The van der Waals surface area contributed by atoms with Crippen LogP contribution in [0.5, 0.6) is 0 Å². The van der Waals surface area contributed by atoms with Crippen molar-refractivity contribution in [3.05, 3.63) is 76.6 Å². The lowest BCUT2D eigenvalue weighted by atomic mass is 10.1. The average molecular weight is 459 g/mol. The van der Waals surface area contributed by atoms with E-state index in [9.17, 15) is 18.0 Å². The maximum Gasteiger partial charge on any atom is 0.275 e. The highest BCUT2D eigenvalue weighted by Crippen LogP contribution is 2.21. The number of anilines is 2. The van der Waals surface area contributed by atoms with E-state index < -0.39 is 20.9 Å². The molecule has 1 aromatic heterocycles. The predicted octanol–water partition coefficient (Wildman–Crippen LogP) is 3.62. The van der Waals surface area contributed by atoms with E-state index in [1.807, 2.05) is 19.1 Å². The molecule has 0 aliphatic rings. The molecule has 0 aliphatic heterocycles. The predicted molar refractivity (Wildman–Crippen MR) is 118 cm³/mol. The molecule has 3 aromatic rings. The van der Waals surface area contributed by atoms with Crippen molar-refractivity contribution < 1.29 is 18.0 Å². The van der Waals surface area contributed by atoms with Crippen LogP contribution < -0.4 is 10.6 Å². The van der Waals surface area contributed by atoms with Crippen LogP contribution in [0.3, 0.4) is 0 Å². The fourth-order valence-corrected chi connectivity index (χ4v) is 4.21. The van der Waals surface area contributed by atoms with E-state index in [1.165, 1.54) is 6.92 Å². The van der Waals surface area contributed by atoms with Crippen LogP contribution in [0.2, 0.25) is 5.02 Å². The van der Waals surface area contributed by atoms with Gasteiger partial charge >= 0.3 is 0 Å². The Morgan fingerprint density at radius 3 is 2.23 bits per heavy atom. The smallest absolute Gasteiger partial charge is 0.275 e. The van der Waals surface area contributed by atoms with Gasteiger partial charge in [0.1, 0.15) is 0 Å². The Morgan fingerprint density at radius 2 is 1.61 bits per heavy atom. The van der Waals surface area contributed by atoms with Crippen LogP contribution in [0, 0.1) is 6.92 Å². The molecule has 0 saturated heterocycles. The quantitative estimate of drug-likeness (QED) is 0.544. The minimum absolute atomic E-state index is 0.0813. The number of benzene rings is 2. The first-order valence-corrected chi connectivity index (χ1v) is 11.2. The molecule has 0 unspecified atom stereocenters. The van der Waals surface area contributed by atoms with Crippen molar-refractivity contribution in [1.82, 2.24) is 9.97 Å². The fourth-order valence-electron chi connectivity index (χ4n) is 2.73. The Bertz CT molecular complexity index is 1240. The van der Waals surface area contributed by atoms with Crippen molar-refractivity contribution in [1.29, 1.82) is 0 Å². The van der Waals surface area contributed by atoms with Crippen molar-refractivity contribution >= 4 is 44.6 Å². The SMILES string of the molecule is CC(=O)Nc1ccc(NC(=O)c2nc(S(=O)(=O)Cc3ccccc3C)ncc2Cl)cc1. The minimum Gasteiger partial charge on any atom is -0.326 e. The molecule has 0 spiro atoms. The molecule has 2 amide bonds. The maximum absolute atomic E-state index is 12.8. The van der Waals surface area contributed by atoms with Gasteiger partial charge in [-0.1, -0.05) is 35.9 Å². The lowest BCUT2D eigenvalue weighted by Crippen LogP contribution is -2.18. The molecule has 3 rings (SSSR count). The zero-order valence-corrected chi connectivity index (χ0v) is 18.3. The summed E-state index contributed by atoms with van der Waals surface area (Å²) < 4.78 is 25.6. The first-order chi connectivity index (χ1) is 14.7. The van der Waals surface area contributed by atoms with Gasteiger partial charge in [0.05, 0.1) is 17.0 Å². The van der Waals surface area contributed by atoms with Gasteiger partial charge in [-0.2, -0.15) is 0 Å². The molecule has 0 fully saturated rings. The van der Waals surface area contributed by atoms with Crippen LogP contribution in [0.15, 0.2) is 59.9 Å². The first-order valence-electron chi connectivity index (χ1n) is 9.14. The summed E-state index contributed by atoms with van der Waals surface area (Å²) in [5.74, 6) is -1.21. The second-order valence-corrected chi connectivity index (χ2v) is 9.04. The highest BCUT2D eigenvalue weighted by molar-refractivity contribution is 7.90. The van der Waals surface area contributed by atoms with E-state index in [1.54, 1.807) is 36.4 Å². The summed E-state index contributed by atoms with van der Waals surface area (Å²) in [6.07, 6.45) is 1.09. The zero-order chi connectivity index (χ0) is 22.6. The minimum atomic E-state index is -3.90. The fraction of sp³-hybridized carbons (Fsp3) is 0.143. The number of halogens is 1. The van der Waals surface area contributed by atoms with Crippen molar-refractivity contribution in [2.45, 2.75) is 24.8 Å². The van der Waals surface area contributed by atoms with Crippen LogP contribution in [-0.4, -0.2) is 30.2 Å². The highest BCUT2D eigenvalue weighted by Gasteiger charge is 2.23. The van der Waals surface area contributed by atoms with Gasteiger partial charge in [-0.15, -0.1) is 0 Å². The Balaban J connectivity index is 1.82. The van der Waals surface area contributed by atoms with Crippen molar-refractivity contribution in [2.24, 2.45) is 0 Å². The van der Waals surface area contributed by atoms with Gasteiger partial charge in [-0.25, -0.2) is 18.4 Å². The summed E-state index contributed by atoms with van der Waals surface area (Å²) in [5, 5.41) is 4.65. The molecular weight excluding hydrogens is 440 g/mol. The van der Waals surface area contributed by atoms with Crippen LogP contribution in [-0.2, 0) is 20.4 Å². The lowest BCUT2D eigenvalue weighted by molar-refractivity contribution is -0.114. The van der Waals surface area contributed by atoms with Crippen molar-refractivity contribution in [2.75, 3.05) is 10.6 Å². The van der Waals surface area contributed by atoms with Crippen LogP contribution >= 0.6 is 11.6 Å². The number of hydrogen-bond donors (Lipinski definition) is 2. The summed E-state index contributed by atoms with van der Waals surface area (Å²) in [7, 11) is -3.90. The number of aromatic nitrogens is 2. The van der Waals surface area contributed by atoms with Crippen LogP contribution in [0.4, 0.5) is 11.4 Å². The lowest BCUT2D eigenvalue weighted by Gasteiger charge is -2.10. The number of nitrogens with one attached hydrogen (secondary N) is 2. The number of sulfone groups is 1. The first kappa shape index (κ1) is 22.4. The monoisotopic (exact) mass is 458 g/mol. The maximum atomic E-state index is 12.8. The molecule has 1 heterocycles. The molecule has 2 N–H and O–H groups in total. The van der Waals surface area contributed by atoms with E-state index in [0.717, 1.165) is 11.8 Å². The van der Waals surface area contributed by atoms with E-state index in [-0.39, 0.29) is 22.4 Å². The summed E-state index contributed by atoms with van der Waals surface area (Å²) in [4.78, 5) is 31.5. The third-order valence-corrected chi connectivity index (χ3v) is 6.01. The van der Waals surface area contributed by atoms with Crippen molar-refractivity contribution in [3.63, 3.8) is 0 Å². The number of carbonyl (C=O) groups excluding carboxylic acids is 2. The van der Waals surface area contributed by atoms with Gasteiger partial charge in [0.15, 0.2) is 5.69 Å². The van der Waals surface area contributed by atoms with Gasteiger partial charge < -0.3 is 10.6 Å². The second-order valence-electron chi connectivity index (χ2n) is 6.75. The molecule has 0 radical (unpaired) electrons. The molecule has 0 bridgehead atoms. The number of amides is 2. The standard InChI is InChI=1S/C21H19ClN4O4S/c1-13-5-3-4-6-15(13)12-31(29,30)21-23-11-18(22)19(26-21)20(28)25-17-9-7-16(8-10-17)24-14(2)27/h3-11H,12H2,1-2H3,(H,24,27)(H,25,28). The Labute approximate surface area is 184 Å². The molecule has 0 saturated carbocycles. The molecule has 10 heteroatoms. The molecule has 0 aliphatic carbocycles. The van der Waals surface area contributed by atoms with E-state index >= 15 is 0 Å². The Morgan fingerprint density at radius 1 is 1.00 bits per heavy atom. The molecular formula is C21H19ClN4O4S. The van der Waals surface area contributed by atoms with Gasteiger partial charge in [-0.05, 0) is 42.3 Å². The zero-order valence-electron chi connectivity index (χ0n) is 16.7. The molecule has 2 aromatic carbocycles. The number of hydrogen-bond acceptors (Lipinski definition) is 6. The van der Waals surface area contributed by atoms with E-state index in [0.29, 0.717) is 16.9 Å². The summed E-state index contributed by atoms with van der Waals surface area (Å²) in [5.41, 5.74) is 2.16. The van der Waals surface area contributed by atoms with Gasteiger partial charge in [0.2, 0.25) is 20.9 Å². The Hall–Kier alpha value is -3.30. The molecule has 160 valence electrons. The topological polar surface area (TPSA) is 118 Å². The normalized spacial score (nSPS) is 11.1. The Kier molecular flexibility index (Phi) is 6.67. The molecule has 8 nitrogen and oxygen atoms in total. The number of carbonyl (C=O) groups is 2. The third-order valence-electron chi connectivity index (χ3n) is 4.29.